The highest BCUT2D eigenvalue weighted by atomic mass is 16.5. The minimum Gasteiger partial charge on any atom is -0.481 e. The van der Waals surface area contributed by atoms with Gasteiger partial charge in [0, 0.05) is 13.8 Å². The van der Waals surface area contributed by atoms with Gasteiger partial charge in [0.05, 0.1) is 19.4 Å². The van der Waals surface area contributed by atoms with E-state index in [-0.39, 0.29) is 18.3 Å². The Bertz CT molecular complexity index is 410. The van der Waals surface area contributed by atoms with Crippen LogP contribution in [0.5, 0.6) is 0 Å². The van der Waals surface area contributed by atoms with E-state index in [1.807, 2.05) is 39.3 Å². The second kappa shape index (κ2) is 4.77. The zero-order valence-corrected chi connectivity index (χ0v) is 11.1. The maximum absolute atomic E-state index is 10.9. The fourth-order valence-corrected chi connectivity index (χ4v) is 2.10. The van der Waals surface area contributed by atoms with Gasteiger partial charge in [-0.2, -0.15) is 0 Å². The average molecular weight is 241 g/mol. The van der Waals surface area contributed by atoms with Gasteiger partial charge in [0.2, 0.25) is 0 Å². The van der Waals surface area contributed by atoms with Gasteiger partial charge < -0.3 is 10.3 Å². The molecule has 0 saturated heterocycles. The third-order valence-electron chi connectivity index (χ3n) is 3.44. The molecule has 0 saturated carbocycles. The SMILES string of the molecule is Cc1c(C)[n+](C)c(C(CC(=O)O)C(C)C)n1O. The summed E-state index contributed by atoms with van der Waals surface area (Å²) in [7, 11) is 1.85. The molecule has 1 atom stereocenters. The van der Waals surface area contributed by atoms with E-state index in [4.69, 9.17) is 5.11 Å². The Hall–Kier alpha value is -1.52. The van der Waals surface area contributed by atoms with Gasteiger partial charge in [-0.15, -0.1) is 0 Å². The molecule has 0 aliphatic carbocycles. The van der Waals surface area contributed by atoms with Crippen LogP contribution in [-0.2, 0) is 11.8 Å². The molecule has 0 radical (unpaired) electrons. The number of imidazole rings is 1. The van der Waals surface area contributed by atoms with E-state index in [9.17, 15) is 10.0 Å². The molecule has 5 heteroatoms. The maximum Gasteiger partial charge on any atom is 0.304 e. The highest BCUT2D eigenvalue weighted by Crippen LogP contribution is 2.26. The van der Waals surface area contributed by atoms with Gasteiger partial charge in [-0.25, -0.2) is 4.57 Å². The monoisotopic (exact) mass is 241 g/mol. The van der Waals surface area contributed by atoms with Gasteiger partial charge in [0.15, 0.2) is 5.69 Å². The lowest BCUT2D eigenvalue weighted by atomic mass is 9.91. The second-order valence-electron chi connectivity index (χ2n) is 4.85. The number of aliphatic carboxylic acids is 1. The summed E-state index contributed by atoms with van der Waals surface area (Å²) >= 11 is 0. The van der Waals surface area contributed by atoms with E-state index < -0.39 is 5.97 Å². The van der Waals surface area contributed by atoms with Gasteiger partial charge >= 0.3 is 11.8 Å². The zero-order chi connectivity index (χ0) is 13.3. The van der Waals surface area contributed by atoms with Crippen LogP contribution in [0.4, 0.5) is 0 Å². The van der Waals surface area contributed by atoms with Gasteiger partial charge in [0.25, 0.3) is 0 Å². The Morgan fingerprint density at radius 3 is 2.24 bits per heavy atom. The van der Waals surface area contributed by atoms with Crippen molar-refractivity contribution in [3.8, 4) is 0 Å². The lowest BCUT2D eigenvalue weighted by Crippen LogP contribution is -2.38. The van der Waals surface area contributed by atoms with E-state index in [1.54, 1.807) is 0 Å². The van der Waals surface area contributed by atoms with E-state index >= 15 is 0 Å². The molecule has 0 aliphatic rings. The zero-order valence-electron chi connectivity index (χ0n) is 11.1. The number of carboxylic acid groups (broad SMARTS) is 1. The maximum atomic E-state index is 10.9. The number of rotatable bonds is 4. The number of aromatic nitrogens is 2. The Kier molecular flexibility index (Phi) is 3.80. The lowest BCUT2D eigenvalue weighted by Gasteiger charge is -2.15. The molecule has 5 nitrogen and oxygen atoms in total. The first-order valence-electron chi connectivity index (χ1n) is 5.76. The molecule has 1 aromatic heterocycles. The molecule has 1 unspecified atom stereocenters. The van der Waals surface area contributed by atoms with Gasteiger partial charge in [-0.3, -0.25) is 4.79 Å². The van der Waals surface area contributed by atoms with Crippen molar-refractivity contribution in [2.24, 2.45) is 13.0 Å². The number of carboxylic acids is 1. The molecule has 0 fully saturated rings. The van der Waals surface area contributed by atoms with Crippen LogP contribution in [0.15, 0.2) is 0 Å². The molecular formula is C12H21N2O3+. The highest BCUT2D eigenvalue weighted by molar-refractivity contribution is 5.67. The van der Waals surface area contributed by atoms with Crippen LogP contribution in [0.1, 0.15) is 43.4 Å². The van der Waals surface area contributed by atoms with Crippen LogP contribution in [-0.4, -0.2) is 21.0 Å². The van der Waals surface area contributed by atoms with Crippen molar-refractivity contribution in [1.82, 2.24) is 4.73 Å². The van der Waals surface area contributed by atoms with Crippen molar-refractivity contribution in [2.75, 3.05) is 0 Å². The summed E-state index contributed by atoms with van der Waals surface area (Å²) in [5.41, 5.74) is 1.69. The van der Waals surface area contributed by atoms with Crippen LogP contribution < -0.4 is 4.57 Å². The summed E-state index contributed by atoms with van der Waals surface area (Å²) in [6, 6.07) is 0. The summed E-state index contributed by atoms with van der Waals surface area (Å²) in [5, 5.41) is 19.0. The van der Waals surface area contributed by atoms with Crippen molar-refractivity contribution >= 4 is 5.97 Å². The summed E-state index contributed by atoms with van der Waals surface area (Å²) in [6.07, 6.45) is 0.0228. The molecule has 2 N–H and O–H groups in total. The summed E-state index contributed by atoms with van der Waals surface area (Å²) in [4.78, 5) is 10.9. The van der Waals surface area contributed by atoms with Gasteiger partial charge in [-0.1, -0.05) is 13.8 Å². The van der Waals surface area contributed by atoms with Crippen molar-refractivity contribution in [1.29, 1.82) is 0 Å². The molecule has 0 aliphatic heterocycles. The van der Waals surface area contributed by atoms with E-state index in [0.717, 1.165) is 16.1 Å². The number of hydrogen-bond donors (Lipinski definition) is 2. The molecule has 0 amide bonds. The quantitative estimate of drug-likeness (QED) is 0.618. The predicted octanol–water partition coefficient (Wildman–Crippen LogP) is 1.38. The number of nitrogens with zero attached hydrogens (tertiary/aromatic N) is 2. The molecular weight excluding hydrogens is 220 g/mol. The molecule has 0 bridgehead atoms. The topological polar surface area (TPSA) is 66.3 Å². The normalized spacial score (nSPS) is 13.1. The Morgan fingerprint density at radius 2 is 1.94 bits per heavy atom. The predicted molar refractivity (Wildman–Crippen MR) is 62.1 cm³/mol. The van der Waals surface area contributed by atoms with Crippen molar-refractivity contribution in [3.63, 3.8) is 0 Å². The minimum absolute atomic E-state index is 0.0228. The van der Waals surface area contributed by atoms with E-state index in [1.165, 1.54) is 0 Å². The van der Waals surface area contributed by atoms with Crippen LogP contribution in [0.3, 0.4) is 0 Å². The molecule has 96 valence electrons. The smallest absolute Gasteiger partial charge is 0.304 e. The average Bonchev–Trinajstić information content (AvgIpc) is 2.40. The summed E-state index contributed by atoms with van der Waals surface area (Å²) in [5.74, 6) is -0.246. The van der Waals surface area contributed by atoms with Crippen LogP contribution in [0.25, 0.3) is 0 Å². The Morgan fingerprint density at radius 1 is 1.41 bits per heavy atom. The van der Waals surface area contributed by atoms with Crippen LogP contribution in [0, 0.1) is 19.8 Å². The van der Waals surface area contributed by atoms with E-state index in [2.05, 4.69) is 0 Å². The Labute approximate surface area is 101 Å². The van der Waals surface area contributed by atoms with Crippen molar-refractivity contribution in [2.45, 2.75) is 40.0 Å². The van der Waals surface area contributed by atoms with Gasteiger partial charge in [0.1, 0.15) is 5.69 Å². The molecule has 1 aromatic rings. The minimum atomic E-state index is -0.847. The molecule has 17 heavy (non-hydrogen) atoms. The standard InChI is InChI=1S/C12H20N2O3/c1-7(2)10(6-11(15)16)12-13(5)8(3)9(4)14(12)17/h7,10H,6H2,1-5H3,(H-,15,16,17)/p+1. The molecule has 0 aromatic carbocycles. The largest absolute Gasteiger partial charge is 0.481 e. The first kappa shape index (κ1) is 13.5. The highest BCUT2D eigenvalue weighted by Gasteiger charge is 2.34. The van der Waals surface area contributed by atoms with Crippen LogP contribution in [0.2, 0.25) is 0 Å². The van der Waals surface area contributed by atoms with Gasteiger partial charge in [-0.05, 0) is 10.6 Å². The number of hydrogen-bond acceptors (Lipinski definition) is 2. The first-order valence-corrected chi connectivity index (χ1v) is 5.76. The third kappa shape index (κ3) is 2.43. The van der Waals surface area contributed by atoms with E-state index in [0.29, 0.717) is 5.82 Å². The first-order chi connectivity index (χ1) is 7.77. The third-order valence-corrected chi connectivity index (χ3v) is 3.44. The second-order valence-corrected chi connectivity index (χ2v) is 4.85. The van der Waals surface area contributed by atoms with Crippen molar-refractivity contribution in [3.05, 3.63) is 17.2 Å². The molecule has 1 heterocycles. The summed E-state index contributed by atoms with van der Waals surface area (Å²) in [6.45, 7) is 7.65. The molecule has 0 spiro atoms. The lowest BCUT2D eigenvalue weighted by molar-refractivity contribution is -0.687. The fraction of sp³-hybridized carbons (Fsp3) is 0.667. The summed E-state index contributed by atoms with van der Waals surface area (Å²) < 4.78 is 2.98. The Balaban J connectivity index is 3.28. The fourth-order valence-electron chi connectivity index (χ4n) is 2.10. The molecule has 1 rings (SSSR count). The van der Waals surface area contributed by atoms with Crippen LogP contribution >= 0.6 is 0 Å². The van der Waals surface area contributed by atoms with Crippen molar-refractivity contribution < 1.29 is 19.7 Å². The number of carbonyl (C=O) groups is 1.